The Morgan fingerprint density at radius 2 is 2.44 bits per heavy atom. The number of nitriles is 1. The normalized spacial score (nSPS) is 11.0. The Bertz CT molecular complexity index is 410. The van der Waals surface area contributed by atoms with Crippen molar-refractivity contribution in [3.8, 4) is 6.19 Å². The van der Waals surface area contributed by atoms with Crippen LogP contribution >= 0.6 is 11.6 Å². The average molecular weight is 239 g/mol. The zero-order valence-electron chi connectivity index (χ0n) is 8.76. The van der Waals surface area contributed by atoms with Crippen molar-refractivity contribution in [1.29, 1.82) is 5.26 Å². The molecule has 1 aromatic rings. The molecule has 0 unspecified atom stereocenters. The van der Waals surface area contributed by atoms with Crippen LogP contribution in [0, 0.1) is 11.5 Å². The quantitative estimate of drug-likeness (QED) is 0.370. The molecule has 0 aliphatic heterocycles. The number of aliphatic hydroxyl groups excluding tert-OH is 1. The molecule has 84 valence electrons. The molecule has 0 aliphatic rings. The van der Waals surface area contributed by atoms with Crippen LogP contribution < -0.4 is 0 Å². The van der Waals surface area contributed by atoms with Crippen molar-refractivity contribution in [2.45, 2.75) is 6.54 Å². The maximum absolute atomic E-state index is 8.99. The molecule has 1 rings (SSSR count). The van der Waals surface area contributed by atoms with Gasteiger partial charge in [0.1, 0.15) is 17.6 Å². The van der Waals surface area contributed by atoms with Crippen LogP contribution in [0.5, 0.6) is 0 Å². The number of amidine groups is 1. The molecule has 1 N–H and O–H groups in total. The number of aliphatic hydroxyl groups is 1. The summed E-state index contributed by atoms with van der Waals surface area (Å²) in [7, 11) is 1.74. The number of hydrogen-bond donors (Lipinski definition) is 1. The zero-order valence-corrected chi connectivity index (χ0v) is 9.52. The van der Waals surface area contributed by atoms with E-state index >= 15 is 0 Å². The van der Waals surface area contributed by atoms with Gasteiger partial charge in [-0.05, 0) is 11.6 Å². The molecule has 0 bridgehead atoms. The number of likely N-dealkylation sites (N-methyl/N-ethyl adjacent to an activating group) is 1. The first-order valence-electron chi connectivity index (χ1n) is 4.55. The Kier molecular flexibility index (Phi) is 4.70. The van der Waals surface area contributed by atoms with E-state index in [-0.39, 0.29) is 6.61 Å². The van der Waals surface area contributed by atoms with Crippen molar-refractivity contribution in [2.75, 3.05) is 13.7 Å². The van der Waals surface area contributed by atoms with E-state index in [0.717, 1.165) is 5.56 Å². The van der Waals surface area contributed by atoms with Crippen LogP contribution in [-0.2, 0) is 6.54 Å². The van der Waals surface area contributed by atoms with Gasteiger partial charge in [-0.2, -0.15) is 10.3 Å². The van der Waals surface area contributed by atoms with Crippen molar-refractivity contribution < 1.29 is 5.11 Å². The zero-order chi connectivity index (χ0) is 12.0. The van der Waals surface area contributed by atoms with Gasteiger partial charge in [-0.15, -0.1) is 0 Å². The molecule has 0 atom stereocenters. The fourth-order valence-electron chi connectivity index (χ4n) is 1.16. The fourth-order valence-corrected chi connectivity index (χ4v) is 1.28. The lowest BCUT2D eigenvalue weighted by molar-refractivity contribution is 0.331. The highest BCUT2D eigenvalue weighted by atomic mass is 35.5. The van der Waals surface area contributed by atoms with Gasteiger partial charge >= 0.3 is 0 Å². The van der Waals surface area contributed by atoms with Gasteiger partial charge in [0, 0.05) is 19.8 Å². The van der Waals surface area contributed by atoms with Crippen LogP contribution in [0.15, 0.2) is 23.3 Å². The van der Waals surface area contributed by atoms with Crippen LogP contribution in [0.1, 0.15) is 5.56 Å². The topological polar surface area (TPSA) is 72.5 Å². The highest BCUT2D eigenvalue weighted by Gasteiger charge is 2.06. The second kappa shape index (κ2) is 6.05. The number of rotatable bonds is 3. The Labute approximate surface area is 98.6 Å². The molecule has 0 radical (unpaired) electrons. The Morgan fingerprint density at radius 3 is 2.94 bits per heavy atom. The van der Waals surface area contributed by atoms with Gasteiger partial charge in [0.15, 0.2) is 0 Å². The average Bonchev–Trinajstić information content (AvgIpc) is 2.29. The van der Waals surface area contributed by atoms with Crippen LogP contribution in [0.2, 0.25) is 5.15 Å². The molecule has 0 saturated carbocycles. The van der Waals surface area contributed by atoms with Crippen LogP contribution in [0.25, 0.3) is 0 Å². The lowest BCUT2D eigenvalue weighted by atomic mass is 10.2. The standard InChI is InChI=1S/C10H11ClN4O/c1-15(10(6-16)14-7-12)5-8-2-3-9(11)13-4-8/h2-4,16H,5-6H2,1H3. The number of aromatic nitrogens is 1. The largest absolute Gasteiger partial charge is 0.388 e. The maximum atomic E-state index is 8.99. The van der Waals surface area contributed by atoms with Gasteiger partial charge in [0.25, 0.3) is 0 Å². The third kappa shape index (κ3) is 3.50. The number of pyridine rings is 1. The number of halogens is 1. The minimum absolute atomic E-state index is 0.273. The highest BCUT2D eigenvalue weighted by molar-refractivity contribution is 6.29. The summed E-state index contributed by atoms with van der Waals surface area (Å²) in [5.74, 6) is 0.317. The number of aliphatic imine (C=N–C) groups is 1. The van der Waals surface area contributed by atoms with Crippen molar-refractivity contribution in [3.05, 3.63) is 29.0 Å². The summed E-state index contributed by atoms with van der Waals surface area (Å²) in [6.45, 7) is 0.232. The first-order chi connectivity index (χ1) is 7.67. The Balaban J connectivity index is 2.71. The van der Waals surface area contributed by atoms with E-state index in [2.05, 4.69) is 9.98 Å². The van der Waals surface area contributed by atoms with E-state index in [1.807, 2.05) is 6.07 Å². The summed E-state index contributed by atoms with van der Waals surface area (Å²) in [4.78, 5) is 9.12. The highest BCUT2D eigenvalue weighted by Crippen LogP contribution is 2.07. The Morgan fingerprint density at radius 1 is 1.69 bits per heavy atom. The van der Waals surface area contributed by atoms with Crippen LogP contribution in [-0.4, -0.2) is 34.5 Å². The minimum atomic E-state index is -0.273. The lowest BCUT2D eigenvalue weighted by Crippen LogP contribution is -2.29. The summed E-state index contributed by atoms with van der Waals surface area (Å²) in [5.41, 5.74) is 0.922. The van der Waals surface area contributed by atoms with Gasteiger partial charge in [-0.1, -0.05) is 17.7 Å². The van der Waals surface area contributed by atoms with Crippen molar-refractivity contribution in [3.63, 3.8) is 0 Å². The molecule has 0 aliphatic carbocycles. The van der Waals surface area contributed by atoms with E-state index in [4.69, 9.17) is 22.0 Å². The molecule has 5 nitrogen and oxygen atoms in total. The van der Waals surface area contributed by atoms with E-state index in [0.29, 0.717) is 17.5 Å². The summed E-state index contributed by atoms with van der Waals surface area (Å²) >= 11 is 5.66. The van der Waals surface area contributed by atoms with Crippen molar-refractivity contribution in [1.82, 2.24) is 9.88 Å². The van der Waals surface area contributed by atoms with E-state index in [1.54, 1.807) is 30.4 Å². The fraction of sp³-hybridized carbons (Fsp3) is 0.300. The van der Waals surface area contributed by atoms with E-state index in [1.165, 1.54) is 0 Å². The second-order valence-corrected chi connectivity index (χ2v) is 3.52. The summed E-state index contributed by atoms with van der Waals surface area (Å²) in [6, 6.07) is 3.51. The van der Waals surface area contributed by atoms with Gasteiger partial charge in [0.05, 0.1) is 0 Å². The van der Waals surface area contributed by atoms with Gasteiger partial charge < -0.3 is 10.0 Å². The predicted molar refractivity (Wildman–Crippen MR) is 60.8 cm³/mol. The minimum Gasteiger partial charge on any atom is -0.388 e. The summed E-state index contributed by atoms with van der Waals surface area (Å²) in [6.07, 6.45) is 3.28. The molecule has 0 spiro atoms. The molecule has 1 heterocycles. The molecular formula is C10H11ClN4O. The van der Waals surface area contributed by atoms with Crippen LogP contribution in [0.4, 0.5) is 0 Å². The molecular weight excluding hydrogens is 228 g/mol. The Hall–Kier alpha value is -1.64. The second-order valence-electron chi connectivity index (χ2n) is 3.13. The molecule has 0 aromatic carbocycles. The molecule has 16 heavy (non-hydrogen) atoms. The third-order valence-electron chi connectivity index (χ3n) is 1.97. The molecule has 6 heteroatoms. The van der Waals surface area contributed by atoms with Crippen molar-refractivity contribution in [2.24, 2.45) is 4.99 Å². The summed E-state index contributed by atoms with van der Waals surface area (Å²) in [5, 5.41) is 17.8. The number of hydrogen-bond acceptors (Lipinski definition) is 4. The summed E-state index contributed by atoms with van der Waals surface area (Å²) < 4.78 is 0. The van der Waals surface area contributed by atoms with E-state index < -0.39 is 0 Å². The van der Waals surface area contributed by atoms with E-state index in [9.17, 15) is 0 Å². The first kappa shape index (κ1) is 12.4. The smallest absolute Gasteiger partial charge is 0.207 e. The molecule has 0 fully saturated rings. The number of nitrogens with zero attached hydrogens (tertiary/aromatic N) is 4. The van der Waals surface area contributed by atoms with Gasteiger partial charge in [-0.25, -0.2) is 4.98 Å². The van der Waals surface area contributed by atoms with Crippen molar-refractivity contribution >= 4 is 17.4 Å². The monoisotopic (exact) mass is 238 g/mol. The molecule has 1 aromatic heterocycles. The first-order valence-corrected chi connectivity index (χ1v) is 4.93. The predicted octanol–water partition coefficient (Wildman–Crippen LogP) is 1.04. The third-order valence-corrected chi connectivity index (χ3v) is 2.19. The molecule has 0 saturated heterocycles. The lowest BCUT2D eigenvalue weighted by Gasteiger charge is -2.18. The van der Waals surface area contributed by atoms with Gasteiger partial charge in [-0.3, -0.25) is 0 Å². The SMILES string of the molecule is CN(Cc1ccc(Cl)nc1)C(CO)=NC#N. The molecule has 0 amide bonds. The van der Waals surface area contributed by atoms with Gasteiger partial charge in [0.2, 0.25) is 6.19 Å². The maximum Gasteiger partial charge on any atom is 0.207 e. The van der Waals surface area contributed by atoms with Crippen LogP contribution in [0.3, 0.4) is 0 Å².